The van der Waals surface area contributed by atoms with Gasteiger partial charge in [-0.3, -0.25) is 14.5 Å². The van der Waals surface area contributed by atoms with Crippen molar-refractivity contribution < 1.29 is 42.1 Å². The van der Waals surface area contributed by atoms with E-state index in [2.05, 4.69) is 4.74 Å². The van der Waals surface area contributed by atoms with Gasteiger partial charge in [0.2, 0.25) is 0 Å². The van der Waals surface area contributed by atoms with Crippen molar-refractivity contribution in [2.24, 2.45) is 0 Å². The Morgan fingerprint density at radius 3 is 2.24 bits per heavy atom. The third-order valence-corrected chi connectivity index (χ3v) is 5.94. The third-order valence-electron chi connectivity index (χ3n) is 5.61. The van der Waals surface area contributed by atoms with Gasteiger partial charge >= 0.3 is 6.36 Å². The van der Waals surface area contributed by atoms with Crippen LogP contribution in [0, 0.1) is 0 Å². The number of benzene rings is 3. The highest BCUT2D eigenvalue weighted by Gasteiger charge is 2.47. The fraction of sp³-hybridized carbons (Fsp3) is 0.154. The van der Waals surface area contributed by atoms with Crippen molar-refractivity contribution in [3.63, 3.8) is 0 Å². The first kappa shape index (κ1) is 25.9. The number of anilines is 1. The van der Waals surface area contributed by atoms with Crippen LogP contribution in [0.5, 0.6) is 17.2 Å². The van der Waals surface area contributed by atoms with E-state index in [1.807, 2.05) is 0 Å². The summed E-state index contributed by atoms with van der Waals surface area (Å²) in [5.41, 5.74) is -0.00895. The molecule has 1 amide bonds. The molecule has 37 heavy (non-hydrogen) atoms. The minimum atomic E-state index is -4.97. The van der Waals surface area contributed by atoms with Gasteiger partial charge in [-0.05, 0) is 48.0 Å². The number of rotatable bonds is 6. The second-order valence-electron chi connectivity index (χ2n) is 7.84. The average Bonchev–Trinajstić information content (AvgIpc) is 3.13. The maximum atomic E-state index is 13.3. The number of amides is 1. The second kappa shape index (κ2) is 10.1. The second-order valence-corrected chi connectivity index (χ2v) is 8.24. The highest BCUT2D eigenvalue weighted by molar-refractivity contribution is 6.52. The molecule has 1 saturated heterocycles. The van der Waals surface area contributed by atoms with E-state index in [0.29, 0.717) is 17.1 Å². The lowest BCUT2D eigenvalue weighted by molar-refractivity contribution is -0.274. The number of methoxy groups -OCH3 is 2. The summed E-state index contributed by atoms with van der Waals surface area (Å²) in [4.78, 5) is 27.6. The monoisotopic (exact) mass is 533 g/mol. The molecule has 1 N–H and O–H groups in total. The molecular formula is C26H19ClF3NO6. The van der Waals surface area contributed by atoms with Gasteiger partial charge in [-0.25, -0.2) is 0 Å². The number of ether oxygens (including phenoxy) is 3. The van der Waals surface area contributed by atoms with Crippen LogP contribution in [0.25, 0.3) is 5.76 Å². The molecule has 7 nitrogen and oxygen atoms in total. The SMILES string of the molecule is COc1cccc(C2/C(=C(\O)c3cc(OC)ccc3Cl)C(=O)C(=O)N2c2cccc(OC(F)(F)F)c2)c1. The molecule has 1 atom stereocenters. The number of carbonyl (C=O) groups is 2. The van der Waals surface area contributed by atoms with Crippen LogP contribution in [0.15, 0.2) is 72.3 Å². The average molecular weight is 534 g/mol. The number of halogens is 4. The van der Waals surface area contributed by atoms with Crippen molar-refractivity contribution in [3.05, 3.63) is 88.5 Å². The Bertz CT molecular complexity index is 1410. The first-order chi connectivity index (χ1) is 17.5. The van der Waals surface area contributed by atoms with Crippen molar-refractivity contribution in [2.75, 3.05) is 19.1 Å². The molecule has 1 heterocycles. The van der Waals surface area contributed by atoms with Crippen LogP contribution in [-0.4, -0.2) is 37.4 Å². The summed E-state index contributed by atoms with van der Waals surface area (Å²) in [5, 5.41) is 11.4. The van der Waals surface area contributed by atoms with Crippen molar-refractivity contribution in [3.8, 4) is 17.2 Å². The molecule has 3 aromatic carbocycles. The van der Waals surface area contributed by atoms with E-state index in [0.717, 1.165) is 17.0 Å². The first-order valence-electron chi connectivity index (χ1n) is 10.7. The number of aliphatic hydroxyl groups excluding tert-OH is 1. The van der Waals surface area contributed by atoms with Gasteiger partial charge in [0, 0.05) is 17.3 Å². The standard InChI is InChI=1S/C26H19ClF3NO6/c1-35-16-7-3-5-14(11-16)22-21(23(32)19-13-17(36-2)9-10-20(19)27)24(33)25(34)31(22)15-6-4-8-18(12-15)37-26(28,29)30/h3-13,22,32H,1-2H3/b23-21+. The van der Waals surface area contributed by atoms with E-state index in [4.69, 9.17) is 21.1 Å². The van der Waals surface area contributed by atoms with Crippen LogP contribution in [0.3, 0.4) is 0 Å². The highest BCUT2D eigenvalue weighted by atomic mass is 35.5. The fourth-order valence-corrected chi connectivity index (χ4v) is 4.22. The number of nitrogens with zero attached hydrogens (tertiary/aromatic N) is 1. The first-order valence-corrected chi connectivity index (χ1v) is 11.1. The van der Waals surface area contributed by atoms with Crippen LogP contribution < -0.4 is 19.1 Å². The van der Waals surface area contributed by atoms with Gasteiger partial charge in [-0.15, -0.1) is 13.2 Å². The van der Waals surface area contributed by atoms with E-state index in [-0.39, 0.29) is 21.8 Å². The Kier molecular flexibility index (Phi) is 7.04. The Labute approximate surface area is 214 Å². The summed E-state index contributed by atoms with van der Waals surface area (Å²) in [6.07, 6.45) is -4.97. The molecule has 11 heteroatoms. The molecule has 192 valence electrons. The van der Waals surface area contributed by atoms with Gasteiger partial charge in [-0.1, -0.05) is 29.8 Å². The molecule has 0 radical (unpaired) electrons. The number of alkyl halides is 3. The quantitative estimate of drug-likeness (QED) is 0.242. The summed E-state index contributed by atoms with van der Waals surface area (Å²) < 4.78 is 52.9. The highest BCUT2D eigenvalue weighted by Crippen LogP contribution is 2.44. The van der Waals surface area contributed by atoms with Gasteiger partial charge in [0.1, 0.15) is 23.0 Å². The number of hydrogen-bond donors (Lipinski definition) is 1. The lowest BCUT2D eigenvalue weighted by atomic mass is 9.95. The topological polar surface area (TPSA) is 85.3 Å². The minimum Gasteiger partial charge on any atom is -0.507 e. The van der Waals surface area contributed by atoms with Gasteiger partial charge in [-0.2, -0.15) is 0 Å². The number of carbonyl (C=O) groups excluding carboxylic acids is 2. The smallest absolute Gasteiger partial charge is 0.507 e. The predicted molar refractivity (Wildman–Crippen MR) is 129 cm³/mol. The van der Waals surface area contributed by atoms with E-state index in [9.17, 15) is 27.9 Å². The van der Waals surface area contributed by atoms with Gasteiger partial charge in [0.15, 0.2) is 0 Å². The van der Waals surface area contributed by atoms with Crippen molar-refractivity contribution >= 4 is 34.7 Å². The summed E-state index contributed by atoms with van der Waals surface area (Å²) in [6, 6.07) is 14.1. The van der Waals surface area contributed by atoms with Crippen molar-refractivity contribution in [1.29, 1.82) is 0 Å². The number of ketones is 1. The lowest BCUT2D eigenvalue weighted by Gasteiger charge is -2.26. The minimum absolute atomic E-state index is 0.0288. The molecule has 3 aromatic rings. The Hall–Kier alpha value is -4.18. The van der Waals surface area contributed by atoms with Gasteiger partial charge < -0.3 is 19.3 Å². The largest absolute Gasteiger partial charge is 0.573 e. The zero-order valence-corrected chi connectivity index (χ0v) is 20.1. The van der Waals surface area contributed by atoms with Gasteiger partial charge in [0.05, 0.1) is 30.9 Å². The summed E-state index contributed by atoms with van der Waals surface area (Å²) >= 11 is 6.29. The zero-order valence-electron chi connectivity index (χ0n) is 19.4. The van der Waals surface area contributed by atoms with Crippen LogP contribution >= 0.6 is 11.6 Å². The van der Waals surface area contributed by atoms with Crippen molar-refractivity contribution in [2.45, 2.75) is 12.4 Å². The maximum absolute atomic E-state index is 13.3. The Morgan fingerprint density at radius 2 is 1.57 bits per heavy atom. The fourth-order valence-electron chi connectivity index (χ4n) is 4.01. The van der Waals surface area contributed by atoms with Crippen LogP contribution in [0.4, 0.5) is 18.9 Å². The summed E-state index contributed by atoms with van der Waals surface area (Å²) in [6.45, 7) is 0. The van der Waals surface area contributed by atoms with Crippen LogP contribution in [0.2, 0.25) is 5.02 Å². The zero-order chi connectivity index (χ0) is 26.9. The van der Waals surface area contributed by atoms with E-state index >= 15 is 0 Å². The molecule has 4 rings (SSSR count). The van der Waals surface area contributed by atoms with Gasteiger partial charge in [0.25, 0.3) is 11.7 Å². The molecule has 0 aliphatic carbocycles. The van der Waals surface area contributed by atoms with E-state index < -0.39 is 35.6 Å². The van der Waals surface area contributed by atoms with E-state index in [1.165, 1.54) is 38.5 Å². The summed E-state index contributed by atoms with van der Waals surface area (Å²) in [5.74, 6) is -2.59. The number of aliphatic hydroxyl groups is 1. The molecule has 0 bridgehead atoms. The molecule has 0 aromatic heterocycles. The predicted octanol–water partition coefficient (Wildman–Crippen LogP) is 5.88. The molecule has 0 spiro atoms. The summed E-state index contributed by atoms with van der Waals surface area (Å²) in [7, 11) is 2.82. The number of hydrogen-bond acceptors (Lipinski definition) is 6. The Balaban J connectivity index is 1.95. The normalized spacial score (nSPS) is 17.1. The third kappa shape index (κ3) is 5.19. The van der Waals surface area contributed by atoms with Crippen LogP contribution in [0.1, 0.15) is 17.2 Å². The molecule has 1 fully saturated rings. The molecular weight excluding hydrogens is 515 g/mol. The molecule has 1 unspecified atom stereocenters. The number of Topliss-reactive ketones (excluding diaryl/α,β-unsaturated/α-hetero) is 1. The maximum Gasteiger partial charge on any atom is 0.573 e. The van der Waals surface area contributed by atoms with Crippen molar-refractivity contribution in [1.82, 2.24) is 0 Å². The Morgan fingerprint density at radius 1 is 0.919 bits per heavy atom. The molecule has 1 aliphatic rings. The van der Waals surface area contributed by atoms with E-state index in [1.54, 1.807) is 30.3 Å². The van der Waals surface area contributed by atoms with Crippen LogP contribution in [-0.2, 0) is 9.59 Å². The molecule has 1 aliphatic heterocycles. The molecule has 0 saturated carbocycles. The lowest BCUT2D eigenvalue weighted by Crippen LogP contribution is -2.29.